The lowest BCUT2D eigenvalue weighted by Gasteiger charge is -2.06. The molecule has 9 heteroatoms. The molecule has 0 fully saturated rings. The van der Waals surface area contributed by atoms with Crippen molar-refractivity contribution in [3.05, 3.63) is 75.8 Å². The molecule has 0 bridgehead atoms. The summed E-state index contributed by atoms with van der Waals surface area (Å²) >= 11 is 7.53. The second kappa shape index (κ2) is 8.08. The van der Waals surface area contributed by atoms with Crippen molar-refractivity contribution in [1.82, 2.24) is 4.98 Å². The zero-order valence-corrected chi connectivity index (χ0v) is 16.7. The van der Waals surface area contributed by atoms with Crippen LogP contribution in [0.2, 0.25) is 5.02 Å². The zero-order chi connectivity index (χ0) is 19.4. The van der Waals surface area contributed by atoms with Gasteiger partial charge in [-0.05, 0) is 29.8 Å². The molecular weight excluding hydrogens is 406 g/mol. The molecule has 0 unspecified atom stereocenters. The maximum Gasteiger partial charge on any atom is 0.257 e. The van der Waals surface area contributed by atoms with E-state index in [1.54, 1.807) is 24.4 Å². The highest BCUT2D eigenvalue weighted by Gasteiger charge is 2.12. The molecule has 2 N–H and O–H groups in total. The molecule has 0 saturated heterocycles. The van der Waals surface area contributed by atoms with E-state index in [-0.39, 0.29) is 5.91 Å². The molecule has 0 aliphatic carbocycles. The van der Waals surface area contributed by atoms with Gasteiger partial charge in [0.15, 0.2) is 5.13 Å². The SMILES string of the molecule is CS(=O)(=O)Nc1cccc(C(=O)Nc2ncc(Cc3ccccc3Cl)s2)c1. The van der Waals surface area contributed by atoms with Gasteiger partial charge in [0.2, 0.25) is 10.0 Å². The highest BCUT2D eigenvalue weighted by molar-refractivity contribution is 7.92. The van der Waals surface area contributed by atoms with Gasteiger partial charge in [0.05, 0.1) is 6.26 Å². The first-order valence-electron chi connectivity index (χ1n) is 7.87. The number of carbonyl (C=O) groups is 1. The van der Waals surface area contributed by atoms with E-state index in [0.717, 1.165) is 16.7 Å². The highest BCUT2D eigenvalue weighted by atomic mass is 35.5. The molecule has 2 aromatic carbocycles. The van der Waals surface area contributed by atoms with Crippen LogP contribution >= 0.6 is 22.9 Å². The van der Waals surface area contributed by atoms with Crippen molar-refractivity contribution < 1.29 is 13.2 Å². The lowest BCUT2D eigenvalue weighted by Crippen LogP contribution is -2.13. The van der Waals surface area contributed by atoms with Crippen LogP contribution in [0.5, 0.6) is 0 Å². The summed E-state index contributed by atoms with van der Waals surface area (Å²) < 4.78 is 25.0. The molecular formula is C18H16ClN3O3S2. The number of nitrogens with one attached hydrogen (secondary N) is 2. The summed E-state index contributed by atoms with van der Waals surface area (Å²) in [5.74, 6) is -0.370. The Morgan fingerprint density at radius 1 is 1.19 bits per heavy atom. The van der Waals surface area contributed by atoms with Crippen molar-refractivity contribution in [2.24, 2.45) is 0 Å². The molecule has 3 rings (SSSR count). The number of sulfonamides is 1. The number of hydrogen-bond acceptors (Lipinski definition) is 5. The molecule has 140 valence electrons. The van der Waals surface area contributed by atoms with Gasteiger partial charge < -0.3 is 0 Å². The van der Waals surface area contributed by atoms with Gasteiger partial charge in [-0.2, -0.15) is 0 Å². The maximum absolute atomic E-state index is 12.4. The predicted molar refractivity (Wildman–Crippen MR) is 109 cm³/mol. The van der Waals surface area contributed by atoms with Crippen molar-refractivity contribution in [2.75, 3.05) is 16.3 Å². The fraction of sp³-hybridized carbons (Fsp3) is 0.111. The number of aromatic nitrogens is 1. The maximum atomic E-state index is 12.4. The minimum Gasteiger partial charge on any atom is -0.298 e. The molecule has 0 spiro atoms. The van der Waals surface area contributed by atoms with Gasteiger partial charge in [0.1, 0.15) is 0 Å². The number of hydrogen-bond donors (Lipinski definition) is 2. The number of rotatable bonds is 6. The van der Waals surface area contributed by atoms with Crippen LogP contribution < -0.4 is 10.0 Å². The van der Waals surface area contributed by atoms with Gasteiger partial charge in [0, 0.05) is 33.8 Å². The fourth-order valence-electron chi connectivity index (χ4n) is 2.38. The van der Waals surface area contributed by atoms with Crippen molar-refractivity contribution in [1.29, 1.82) is 0 Å². The summed E-state index contributed by atoms with van der Waals surface area (Å²) in [6, 6.07) is 13.8. The summed E-state index contributed by atoms with van der Waals surface area (Å²) in [6.45, 7) is 0. The first-order chi connectivity index (χ1) is 12.8. The number of amides is 1. The van der Waals surface area contributed by atoms with Crippen LogP contribution in [0, 0.1) is 0 Å². The molecule has 1 amide bonds. The van der Waals surface area contributed by atoms with Gasteiger partial charge in [0.25, 0.3) is 5.91 Å². The van der Waals surface area contributed by atoms with Crippen molar-refractivity contribution >= 4 is 49.7 Å². The Kier molecular flexibility index (Phi) is 5.79. The highest BCUT2D eigenvalue weighted by Crippen LogP contribution is 2.25. The largest absolute Gasteiger partial charge is 0.298 e. The van der Waals surface area contributed by atoms with E-state index in [0.29, 0.717) is 27.8 Å². The Hall–Kier alpha value is -2.42. The molecule has 3 aromatic rings. The van der Waals surface area contributed by atoms with Crippen LogP contribution in [0.15, 0.2) is 54.7 Å². The number of thiazole rings is 1. The van der Waals surface area contributed by atoms with E-state index in [1.165, 1.54) is 17.4 Å². The first kappa shape index (κ1) is 19.3. The van der Waals surface area contributed by atoms with Crippen molar-refractivity contribution in [3.63, 3.8) is 0 Å². The summed E-state index contributed by atoms with van der Waals surface area (Å²) in [5.41, 5.74) is 1.63. The van der Waals surface area contributed by atoms with E-state index >= 15 is 0 Å². The minimum atomic E-state index is -3.41. The van der Waals surface area contributed by atoms with Gasteiger partial charge in [-0.15, -0.1) is 11.3 Å². The third-order valence-corrected chi connectivity index (χ3v) is 5.41. The zero-order valence-electron chi connectivity index (χ0n) is 14.3. The standard InChI is InChI=1S/C18H16ClN3O3S2/c1-27(24,25)22-14-7-4-6-13(9-14)17(23)21-18-20-11-15(26-18)10-12-5-2-3-8-16(12)19/h2-9,11,22H,10H2,1H3,(H,20,21,23). The molecule has 0 radical (unpaired) electrons. The number of halogens is 1. The normalized spacial score (nSPS) is 11.2. The quantitative estimate of drug-likeness (QED) is 0.629. The van der Waals surface area contributed by atoms with Crippen LogP contribution in [0.3, 0.4) is 0 Å². The molecule has 1 aromatic heterocycles. The summed E-state index contributed by atoms with van der Waals surface area (Å²) in [4.78, 5) is 17.6. The molecule has 0 aliphatic rings. The Balaban J connectivity index is 1.69. The van der Waals surface area contributed by atoms with Crippen molar-refractivity contribution in [2.45, 2.75) is 6.42 Å². The smallest absolute Gasteiger partial charge is 0.257 e. The molecule has 1 heterocycles. The summed E-state index contributed by atoms with van der Waals surface area (Å²) in [6.07, 6.45) is 3.38. The summed E-state index contributed by atoms with van der Waals surface area (Å²) in [5, 5.41) is 3.88. The van der Waals surface area contributed by atoms with E-state index in [2.05, 4.69) is 15.0 Å². The third-order valence-electron chi connectivity index (χ3n) is 3.52. The van der Waals surface area contributed by atoms with Crippen LogP contribution in [-0.4, -0.2) is 25.6 Å². The fourth-order valence-corrected chi connectivity index (χ4v) is 3.97. The second-order valence-electron chi connectivity index (χ2n) is 5.81. The lowest BCUT2D eigenvalue weighted by molar-refractivity contribution is 0.102. The average Bonchev–Trinajstić information content (AvgIpc) is 3.02. The Morgan fingerprint density at radius 2 is 1.96 bits per heavy atom. The van der Waals surface area contributed by atoms with Crippen molar-refractivity contribution in [3.8, 4) is 0 Å². The number of anilines is 2. The van der Waals surface area contributed by atoms with E-state index in [4.69, 9.17) is 11.6 Å². The van der Waals surface area contributed by atoms with Gasteiger partial charge in [-0.3, -0.25) is 14.8 Å². The van der Waals surface area contributed by atoms with E-state index in [9.17, 15) is 13.2 Å². The topological polar surface area (TPSA) is 88.2 Å². The monoisotopic (exact) mass is 421 g/mol. The number of carbonyl (C=O) groups excluding carboxylic acids is 1. The molecule has 27 heavy (non-hydrogen) atoms. The Bertz CT molecular complexity index is 1080. The van der Waals surface area contributed by atoms with Crippen LogP contribution in [-0.2, 0) is 16.4 Å². The molecule has 0 saturated carbocycles. The Morgan fingerprint density at radius 3 is 2.70 bits per heavy atom. The van der Waals surface area contributed by atoms with E-state index in [1.807, 2.05) is 24.3 Å². The molecule has 0 atom stereocenters. The first-order valence-corrected chi connectivity index (χ1v) is 11.0. The van der Waals surface area contributed by atoms with Gasteiger partial charge in [-0.1, -0.05) is 35.9 Å². The van der Waals surface area contributed by atoms with Gasteiger partial charge in [-0.25, -0.2) is 13.4 Å². The number of nitrogens with zero attached hydrogens (tertiary/aromatic N) is 1. The van der Waals surface area contributed by atoms with Crippen LogP contribution in [0.1, 0.15) is 20.8 Å². The molecule has 0 aliphatic heterocycles. The number of benzene rings is 2. The Labute approximate surface area is 166 Å². The lowest BCUT2D eigenvalue weighted by atomic mass is 10.1. The third kappa shape index (κ3) is 5.53. The van der Waals surface area contributed by atoms with Crippen LogP contribution in [0.25, 0.3) is 0 Å². The minimum absolute atomic E-state index is 0.323. The van der Waals surface area contributed by atoms with E-state index < -0.39 is 10.0 Å². The summed E-state index contributed by atoms with van der Waals surface area (Å²) in [7, 11) is -3.41. The predicted octanol–water partition coefficient (Wildman–Crippen LogP) is 4.01. The average molecular weight is 422 g/mol. The second-order valence-corrected chi connectivity index (χ2v) is 9.08. The van der Waals surface area contributed by atoms with Crippen LogP contribution in [0.4, 0.5) is 10.8 Å². The van der Waals surface area contributed by atoms with Gasteiger partial charge >= 0.3 is 0 Å². The molecule has 6 nitrogen and oxygen atoms in total.